The smallest absolute Gasteiger partial charge is 0.248 e. The molecule has 0 saturated carbocycles. The first-order valence-electron chi connectivity index (χ1n) is 7.60. The van der Waals surface area contributed by atoms with Crippen molar-refractivity contribution in [1.82, 2.24) is 0 Å². The molecule has 0 radical (unpaired) electrons. The molecule has 130 valence electrons. The van der Waals surface area contributed by atoms with Crippen LogP contribution in [0.5, 0.6) is 11.5 Å². The molecule has 0 aliphatic rings. The molecule has 0 bridgehead atoms. The largest absolute Gasteiger partial charge is 0.493 e. The lowest BCUT2D eigenvalue weighted by Gasteiger charge is -2.07. The number of primary amides is 1. The summed E-state index contributed by atoms with van der Waals surface area (Å²) < 4.78 is 10.4. The van der Waals surface area contributed by atoms with Crippen LogP contribution in [0.1, 0.15) is 11.1 Å². The molecule has 0 aliphatic carbocycles. The average molecular weight is 340 g/mol. The van der Waals surface area contributed by atoms with Crippen LogP contribution >= 0.6 is 0 Å². The summed E-state index contributed by atoms with van der Waals surface area (Å²) in [7, 11) is 3.12. The number of rotatable bonds is 7. The highest BCUT2D eigenvalue weighted by Crippen LogP contribution is 2.27. The molecule has 3 N–H and O–H groups in total. The van der Waals surface area contributed by atoms with Crippen LogP contribution in [0, 0.1) is 0 Å². The monoisotopic (exact) mass is 340 g/mol. The molecule has 0 unspecified atom stereocenters. The topological polar surface area (TPSA) is 90.6 Å². The predicted molar refractivity (Wildman–Crippen MR) is 96.6 cm³/mol. The number of carbonyl (C=O) groups excluding carboxylic acids is 2. The Kier molecular flexibility index (Phi) is 6.17. The van der Waals surface area contributed by atoms with Gasteiger partial charge >= 0.3 is 0 Å². The summed E-state index contributed by atoms with van der Waals surface area (Å²) in [4.78, 5) is 22.9. The SMILES string of the molecule is COc1ccc(C=CC(=O)Nc2ccc(CC(N)=O)cc2)cc1OC. The number of ether oxygens (including phenoxy) is 2. The van der Waals surface area contributed by atoms with E-state index in [1.807, 2.05) is 6.07 Å². The number of nitrogens with two attached hydrogens (primary N) is 1. The van der Waals surface area contributed by atoms with Crippen molar-refractivity contribution in [3.63, 3.8) is 0 Å². The Morgan fingerprint density at radius 3 is 2.32 bits per heavy atom. The molecular formula is C19H20N2O4. The zero-order chi connectivity index (χ0) is 18.2. The van der Waals surface area contributed by atoms with E-state index < -0.39 is 5.91 Å². The van der Waals surface area contributed by atoms with Crippen LogP contribution in [0.2, 0.25) is 0 Å². The van der Waals surface area contributed by atoms with E-state index in [2.05, 4.69) is 5.32 Å². The zero-order valence-electron chi connectivity index (χ0n) is 14.1. The molecule has 0 fully saturated rings. The molecule has 6 heteroatoms. The summed E-state index contributed by atoms with van der Waals surface area (Å²) >= 11 is 0. The summed E-state index contributed by atoms with van der Waals surface area (Å²) in [5, 5.41) is 2.75. The fourth-order valence-electron chi connectivity index (χ4n) is 2.22. The van der Waals surface area contributed by atoms with Crippen LogP contribution in [0.15, 0.2) is 48.5 Å². The first kappa shape index (κ1) is 18.1. The third kappa shape index (κ3) is 5.39. The molecule has 0 aliphatic heterocycles. The van der Waals surface area contributed by atoms with E-state index in [9.17, 15) is 9.59 Å². The van der Waals surface area contributed by atoms with Crippen LogP contribution in [0.3, 0.4) is 0 Å². The standard InChI is InChI=1S/C19H20N2O4/c1-24-16-9-5-13(11-17(16)25-2)6-10-19(23)21-15-7-3-14(4-8-15)12-18(20)22/h3-11H,12H2,1-2H3,(H2,20,22)(H,21,23). The van der Waals surface area contributed by atoms with E-state index in [-0.39, 0.29) is 12.3 Å². The Labute approximate surface area is 146 Å². The first-order valence-corrected chi connectivity index (χ1v) is 7.60. The summed E-state index contributed by atoms with van der Waals surface area (Å²) in [5.41, 5.74) is 7.38. The lowest BCUT2D eigenvalue weighted by Crippen LogP contribution is -2.13. The number of anilines is 1. The van der Waals surface area contributed by atoms with Crippen molar-refractivity contribution in [2.45, 2.75) is 6.42 Å². The van der Waals surface area contributed by atoms with Crippen LogP contribution in [-0.2, 0) is 16.0 Å². The Morgan fingerprint density at radius 1 is 1.04 bits per heavy atom. The number of amides is 2. The van der Waals surface area contributed by atoms with Gasteiger partial charge in [-0.05, 0) is 41.5 Å². The number of hydrogen-bond acceptors (Lipinski definition) is 4. The molecule has 2 rings (SSSR count). The first-order chi connectivity index (χ1) is 12.0. The van der Waals surface area contributed by atoms with E-state index in [0.717, 1.165) is 11.1 Å². The summed E-state index contributed by atoms with van der Waals surface area (Å²) in [6.45, 7) is 0. The van der Waals surface area contributed by atoms with Gasteiger partial charge in [0.25, 0.3) is 0 Å². The number of hydrogen-bond donors (Lipinski definition) is 2. The van der Waals surface area contributed by atoms with Gasteiger partial charge < -0.3 is 20.5 Å². The molecule has 2 aromatic carbocycles. The van der Waals surface area contributed by atoms with Gasteiger partial charge in [0, 0.05) is 11.8 Å². The maximum absolute atomic E-state index is 12.0. The quantitative estimate of drug-likeness (QED) is 0.757. The van der Waals surface area contributed by atoms with E-state index in [1.54, 1.807) is 56.7 Å². The fourth-order valence-corrected chi connectivity index (χ4v) is 2.22. The van der Waals surface area contributed by atoms with E-state index in [1.165, 1.54) is 6.08 Å². The molecule has 0 saturated heterocycles. The van der Waals surface area contributed by atoms with Crippen molar-refractivity contribution < 1.29 is 19.1 Å². The molecular weight excluding hydrogens is 320 g/mol. The Morgan fingerprint density at radius 2 is 1.72 bits per heavy atom. The van der Waals surface area contributed by atoms with Crippen LogP contribution < -0.4 is 20.5 Å². The highest BCUT2D eigenvalue weighted by molar-refractivity contribution is 6.02. The summed E-state index contributed by atoms with van der Waals surface area (Å²) in [6, 6.07) is 12.3. The molecule has 2 amide bonds. The minimum atomic E-state index is -0.394. The second-order valence-corrected chi connectivity index (χ2v) is 5.28. The molecule has 25 heavy (non-hydrogen) atoms. The van der Waals surface area contributed by atoms with E-state index >= 15 is 0 Å². The average Bonchev–Trinajstić information content (AvgIpc) is 2.61. The van der Waals surface area contributed by atoms with E-state index in [4.69, 9.17) is 15.2 Å². The lowest BCUT2D eigenvalue weighted by molar-refractivity contribution is -0.117. The van der Waals surface area contributed by atoms with E-state index in [0.29, 0.717) is 17.2 Å². The predicted octanol–water partition coefficient (Wildman–Crippen LogP) is 2.38. The van der Waals surface area contributed by atoms with Crippen molar-refractivity contribution in [2.75, 3.05) is 19.5 Å². The van der Waals surface area contributed by atoms with Gasteiger partial charge in [0.1, 0.15) is 0 Å². The lowest BCUT2D eigenvalue weighted by atomic mass is 10.1. The highest BCUT2D eigenvalue weighted by Gasteiger charge is 2.04. The normalized spacial score (nSPS) is 10.5. The minimum Gasteiger partial charge on any atom is -0.493 e. The van der Waals surface area contributed by atoms with Crippen LogP contribution in [-0.4, -0.2) is 26.0 Å². The molecule has 0 heterocycles. The van der Waals surface area contributed by atoms with Gasteiger partial charge in [0.2, 0.25) is 11.8 Å². The molecule has 0 spiro atoms. The Hall–Kier alpha value is -3.28. The fraction of sp³-hybridized carbons (Fsp3) is 0.158. The van der Waals surface area contributed by atoms with Crippen LogP contribution in [0.4, 0.5) is 5.69 Å². The molecule has 2 aromatic rings. The second-order valence-electron chi connectivity index (χ2n) is 5.28. The highest BCUT2D eigenvalue weighted by atomic mass is 16.5. The number of nitrogens with one attached hydrogen (secondary N) is 1. The Bertz CT molecular complexity index is 783. The second kappa shape index (κ2) is 8.54. The number of methoxy groups -OCH3 is 2. The van der Waals surface area contributed by atoms with Crippen LogP contribution in [0.25, 0.3) is 6.08 Å². The van der Waals surface area contributed by atoms with Gasteiger partial charge in [0.05, 0.1) is 20.6 Å². The van der Waals surface area contributed by atoms with Crippen molar-refractivity contribution in [3.8, 4) is 11.5 Å². The minimum absolute atomic E-state index is 0.174. The third-order valence-corrected chi connectivity index (χ3v) is 3.43. The summed E-state index contributed by atoms with van der Waals surface area (Å²) in [5.74, 6) is 0.558. The summed E-state index contributed by atoms with van der Waals surface area (Å²) in [6.07, 6.45) is 3.28. The van der Waals surface area contributed by atoms with Crippen molar-refractivity contribution in [1.29, 1.82) is 0 Å². The van der Waals surface area contributed by atoms with Gasteiger partial charge in [-0.15, -0.1) is 0 Å². The van der Waals surface area contributed by atoms with Crippen molar-refractivity contribution in [3.05, 3.63) is 59.7 Å². The number of benzene rings is 2. The van der Waals surface area contributed by atoms with Gasteiger partial charge in [-0.2, -0.15) is 0 Å². The Balaban J connectivity index is 1.99. The molecule has 0 atom stereocenters. The van der Waals surface area contributed by atoms with Gasteiger partial charge in [-0.3, -0.25) is 9.59 Å². The van der Waals surface area contributed by atoms with Crippen molar-refractivity contribution in [2.24, 2.45) is 5.73 Å². The third-order valence-electron chi connectivity index (χ3n) is 3.43. The zero-order valence-corrected chi connectivity index (χ0v) is 14.1. The van der Waals surface area contributed by atoms with Gasteiger partial charge in [-0.25, -0.2) is 0 Å². The molecule has 6 nitrogen and oxygen atoms in total. The van der Waals surface area contributed by atoms with Gasteiger partial charge in [-0.1, -0.05) is 18.2 Å². The maximum Gasteiger partial charge on any atom is 0.248 e. The van der Waals surface area contributed by atoms with Gasteiger partial charge in [0.15, 0.2) is 11.5 Å². The molecule has 0 aromatic heterocycles. The number of carbonyl (C=O) groups is 2. The maximum atomic E-state index is 12.0. The van der Waals surface area contributed by atoms with Crippen molar-refractivity contribution >= 4 is 23.6 Å².